The van der Waals surface area contributed by atoms with Gasteiger partial charge in [-0.25, -0.2) is 13.2 Å². The molecule has 1 aromatic rings. The SMILES string of the molecule is CCOCc1ccccc1CNC(=O)N(C)C1CCS(=O)(=O)C1. The van der Waals surface area contributed by atoms with E-state index in [0.717, 1.165) is 11.1 Å². The Hall–Kier alpha value is -1.60. The van der Waals surface area contributed by atoms with Crippen LogP contribution in [0.5, 0.6) is 0 Å². The topological polar surface area (TPSA) is 75.7 Å². The molecule has 0 aromatic heterocycles. The number of hydrogen-bond donors (Lipinski definition) is 1. The van der Waals surface area contributed by atoms with Gasteiger partial charge < -0.3 is 15.0 Å². The molecule has 0 radical (unpaired) electrons. The number of hydrogen-bond acceptors (Lipinski definition) is 4. The molecule has 0 aliphatic carbocycles. The smallest absolute Gasteiger partial charge is 0.317 e. The third kappa shape index (κ3) is 4.94. The molecule has 0 bridgehead atoms. The van der Waals surface area contributed by atoms with Crippen molar-refractivity contribution >= 4 is 15.9 Å². The van der Waals surface area contributed by atoms with Gasteiger partial charge in [0.1, 0.15) is 0 Å². The van der Waals surface area contributed by atoms with E-state index in [4.69, 9.17) is 4.74 Å². The maximum atomic E-state index is 12.2. The van der Waals surface area contributed by atoms with Gasteiger partial charge in [0.25, 0.3) is 0 Å². The number of urea groups is 1. The fourth-order valence-corrected chi connectivity index (χ4v) is 4.40. The van der Waals surface area contributed by atoms with Gasteiger partial charge in [-0.15, -0.1) is 0 Å². The molecule has 1 saturated heterocycles. The summed E-state index contributed by atoms with van der Waals surface area (Å²) in [5, 5.41) is 2.86. The summed E-state index contributed by atoms with van der Waals surface area (Å²) in [6, 6.07) is 7.30. The van der Waals surface area contributed by atoms with Gasteiger partial charge >= 0.3 is 6.03 Å². The summed E-state index contributed by atoms with van der Waals surface area (Å²) in [5.74, 6) is 0.213. The maximum absolute atomic E-state index is 12.2. The highest BCUT2D eigenvalue weighted by Gasteiger charge is 2.32. The van der Waals surface area contributed by atoms with Crippen LogP contribution in [0.4, 0.5) is 4.79 Å². The van der Waals surface area contributed by atoms with E-state index in [1.54, 1.807) is 7.05 Å². The highest BCUT2D eigenvalue weighted by molar-refractivity contribution is 7.91. The minimum Gasteiger partial charge on any atom is -0.377 e. The van der Waals surface area contributed by atoms with E-state index in [2.05, 4.69) is 5.32 Å². The predicted molar refractivity (Wildman–Crippen MR) is 88.8 cm³/mol. The van der Waals surface area contributed by atoms with E-state index in [-0.39, 0.29) is 23.6 Å². The molecule has 2 rings (SSSR count). The molecule has 1 heterocycles. The van der Waals surface area contributed by atoms with Crippen molar-refractivity contribution in [2.24, 2.45) is 0 Å². The lowest BCUT2D eigenvalue weighted by Gasteiger charge is -2.24. The number of carbonyl (C=O) groups excluding carboxylic acids is 1. The van der Waals surface area contributed by atoms with Crippen molar-refractivity contribution in [3.8, 4) is 0 Å². The standard InChI is InChI=1S/C16H24N2O4S/c1-3-22-11-14-7-5-4-6-13(14)10-17-16(19)18(2)15-8-9-23(20,21)12-15/h4-7,15H,3,8-12H2,1-2H3,(H,17,19). The predicted octanol–water partition coefficient (Wildman–Crippen LogP) is 1.55. The van der Waals surface area contributed by atoms with E-state index in [1.807, 2.05) is 31.2 Å². The van der Waals surface area contributed by atoms with Crippen LogP contribution < -0.4 is 5.32 Å². The van der Waals surface area contributed by atoms with Crippen LogP contribution in [0.2, 0.25) is 0 Å². The number of nitrogens with zero attached hydrogens (tertiary/aromatic N) is 1. The normalized spacial score (nSPS) is 19.5. The summed E-state index contributed by atoms with van der Waals surface area (Å²) in [6.07, 6.45) is 0.507. The Labute approximate surface area is 137 Å². The average Bonchev–Trinajstić information content (AvgIpc) is 2.90. The van der Waals surface area contributed by atoms with E-state index in [0.29, 0.717) is 26.2 Å². The van der Waals surface area contributed by atoms with Crippen molar-refractivity contribution in [3.63, 3.8) is 0 Å². The van der Waals surface area contributed by atoms with Crippen molar-refractivity contribution in [2.75, 3.05) is 25.2 Å². The minimum absolute atomic E-state index is 0.0534. The molecule has 7 heteroatoms. The van der Waals surface area contributed by atoms with Gasteiger partial charge in [0, 0.05) is 26.2 Å². The molecule has 2 amide bonds. The maximum Gasteiger partial charge on any atom is 0.317 e. The first-order chi connectivity index (χ1) is 10.9. The van der Waals surface area contributed by atoms with Crippen molar-refractivity contribution in [2.45, 2.75) is 32.5 Å². The molecular formula is C16H24N2O4S. The van der Waals surface area contributed by atoms with E-state index >= 15 is 0 Å². The minimum atomic E-state index is -3.00. The Bertz CT molecular complexity index is 645. The molecule has 0 spiro atoms. The largest absolute Gasteiger partial charge is 0.377 e. The Morgan fingerprint density at radius 2 is 2.04 bits per heavy atom. The molecule has 6 nitrogen and oxygen atoms in total. The van der Waals surface area contributed by atoms with Gasteiger partial charge in [-0.05, 0) is 24.5 Å². The van der Waals surface area contributed by atoms with E-state index in [9.17, 15) is 13.2 Å². The van der Waals surface area contributed by atoms with Crippen LogP contribution in [-0.2, 0) is 27.7 Å². The zero-order chi connectivity index (χ0) is 16.9. The lowest BCUT2D eigenvalue weighted by molar-refractivity contribution is 0.133. The van der Waals surface area contributed by atoms with Gasteiger partial charge in [-0.2, -0.15) is 0 Å². The molecule has 1 N–H and O–H groups in total. The summed E-state index contributed by atoms with van der Waals surface area (Å²) in [4.78, 5) is 13.7. The van der Waals surface area contributed by atoms with E-state index < -0.39 is 9.84 Å². The van der Waals surface area contributed by atoms with Crippen LogP contribution >= 0.6 is 0 Å². The highest BCUT2D eigenvalue weighted by Crippen LogP contribution is 2.17. The third-order valence-electron chi connectivity index (χ3n) is 4.09. The second kappa shape index (κ2) is 7.79. The molecule has 1 fully saturated rings. The lowest BCUT2D eigenvalue weighted by Crippen LogP contribution is -2.44. The molecule has 1 aromatic carbocycles. The number of sulfone groups is 1. The summed E-state index contributed by atoms with van der Waals surface area (Å²) in [5.41, 5.74) is 2.04. The molecule has 23 heavy (non-hydrogen) atoms. The Morgan fingerprint density at radius 1 is 1.35 bits per heavy atom. The fourth-order valence-electron chi connectivity index (χ4n) is 2.62. The van der Waals surface area contributed by atoms with Crippen molar-refractivity contribution in [3.05, 3.63) is 35.4 Å². The third-order valence-corrected chi connectivity index (χ3v) is 5.84. The molecule has 1 aliphatic heterocycles. The summed E-state index contributed by atoms with van der Waals surface area (Å²) in [6.45, 7) is 3.49. The highest BCUT2D eigenvalue weighted by atomic mass is 32.2. The van der Waals surface area contributed by atoms with Crippen molar-refractivity contribution in [1.29, 1.82) is 0 Å². The van der Waals surface area contributed by atoms with Gasteiger partial charge in [0.15, 0.2) is 9.84 Å². The molecule has 1 aliphatic rings. The van der Waals surface area contributed by atoms with Gasteiger partial charge in [0.05, 0.1) is 18.1 Å². The molecular weight excluding hydrogens is 316 g/mol. The van der Waals surface area contributed by atoms with Gasteiger partial charge in [-0.1, -0.05) is 24.3 Å². The quantitative estimate of drug-likeness (QED) is 0.852. The summed E-state index contributed by atoms with van der Waals surface area (Å²) >= 11 is 0. The van der Waals surface area contributed by atoms with Crippen LogP contribution in [-0.4, -0.2) is 50.6 Å². The molecule has 1 unspecified atom stereocenters. The van der Waals surface area contributed by atoms with Crippen LogP contribution in [0, 0.1) is 0 Å². The van der Waals surface area contributed by atoms with Crippen LogP contribution in [0.1, 0.15) is 24.5 Å². The molecule has 0 saturated carbocycles. The summed E-state index contributed by atoms with van der Waals surface area (Å²) in [7, 11) is -1.35. The number of carbonyl (C=O) groups is 1. The Kier molecular flexibility index (Phi) is 6.01. The zero-order valence-electron chi connectivity index (χ0n) is 13.6. The summed E-state index contributed by atoms with van der Waals surface area (Å²) < 4.78 is 28.5. The van der Waals surface area contributed by atoms with E-state index in [1.165, 1.54) is 4.90 Å². The first-order valence-corrected chi connectivity index (χ1v) is 9.60. The first kappa shape index (κ1) is 17.7. The number of nitrogens with one attached hydrogen (secondary N) is 1. The Balaban J connectivity index is 1.91. The number of amides is 2. The second-order valence-electron chi connectivity index (χ2n) is 5.73. The Morgan fingerprint density at radius 3 is 2.65 bits per heavy atom. The second-order valence-corrected chi connectivity index (χ2v) is 7.96. The first-order valence-electron chi connectivity index (χ1n) is 7.78. The van der Waals surface area contributed by atoms with Crippen LogP contribution in [0.3, 0.4) is 0 Å². The monoisotopic (exact) mass is 340 g/mol. The zero-order valence-corrected chi connectivity index (χ0v) is 14.4. The number of ether oxygens (including phenoxy) is 1. The van der Waals surface area contributed by atoms with Gasteiger partial charge in [-0.3, -0.25) is 0 Å². The molecule has 1 atom stereocenters. The molecule has 128 valence electrons. The van der Waals surface area contributed by atoms with Crippen LogP contribution in [0.15, 0.2) is 24.3 Å². The van der Waals surface area contributed by atoms with Gasteiger partial charge in [0.2, 0.25) is 0 Å². The lowest BCUT2D eigenvalue weighted by atomic mass is 10.1. The number of rotatable bonds is 6. The fraction of sp³-hybridized carbons (Fsp3) is 0.562. The average molecular weight is 340 g/mol. The van der Waals surface area contributed by atoms with Crippen molar-refractivity contribution in [1.82, 2.24) is 10.2 Å². The van der Waals surface area contributed by atoms with Crippen LogP contribution in [0.25, 0.3) is 0 Å². The number of benzene rings is 1. The van der Waals surface area contributed by atoms with Crippen molar-refractivity contribution < 1.29 is 17.9 Å².